The molecule has 1 N–H and O–H groups in total. The van der Waals surface area contributed by atoms with Crippen molar-refractivity contribution in [1.82, 2.24) is 4.98 Å². The Kier molecular flexibility index (Phi) is 4.81. The quantitative estimate of drug-likeness (QED) is 0.751. The normalized spacial score (nSPS) is 10.4. The number of carbonyl (C=O) groups is 1. The van der Waals surface area contributed by atoms with Crippen molar-refractivity contribution >= 4 is 22.9 Å². The molecule has 0 radical (unpaired) electrons. The zero-order valence-electron chi connectivity index (χ0n) is 12.3. The molecule has 0 aliphatic heterocycles. The molecule has 24 heavy (non-hydrogen) atoms. The van der Waals surface area contributed by atoms with Crippen molar-refractivity contribution in [2.75, 3.05) is 5.32 Å². The first kappa shape index (κ1) is 16.1. The van der Waals surface area contributed by atoms with Crippen molar-refractivity contribution in [3.05, 3.63) is 76.2 Å². The number of nitrogens with zero attached hydrogens (tertiary/aromatic N) is 1. The number of aromatic nitrogens is 1. The van der Waals surface area contributed by atoms with Crippen LogP contribution in [0.4, 0.5) is 14.5 Å². The van der Waals surface area contributed by atoms with Crippen LogP contribution in [-0.2, 0) is 6.61 Å². The van der Waals surface area contributed by atoms with E-state index in [1.54, 1.807) is 29.8 Å². The molecule has 0 saturated carbocycles. The summed E-state index contributed by atoms with van der Waals surface area (Å²) < 4.78 is 31.7. The van der Waals surface area contributed by atoms with E-state index >= 15 is 0 Å². The van der Waals surface area contributed by atoms with Crippen LogP contribution in [0.2, 0.25) is 0 Å². The molecule has 0 fully saturated rings. The number of nitrogens with one attached hydrogen (secondary N) is 1. The molecule has 0 atom stereocenters. The first-order chi connectivity index (χ1) is 11.6. The van der Waals surface area contributed by atoms with Gasteiger partial charge in [-0.25, -0.2) is 13.8 Å². The molecule has 3 aromatic rings. The van der Waals surface area contributed by atoms with Crippen LogP contribution in [0, 0.1) is 11.6 Å². The Labute approximate surface area is 140 Å². The van der Waals surface area contributed by atoms with Crippen LogP contribution >= 0.6 is 11.3 Å². The molecular weight excluding hydrogens is 334 g/mol. The number of anilines is 1. The van der Waals surface area contributed by atoms with Gasteiger partial charge in [-0.05, 0) is 30.3 Å². The van der Waals surface area contributed by atoms with Crippen molar-refractivity contribution in [3.63, 3.8) is 0 Å². The Bertz CT molecular complexity index is 854. The van der Waals surface area contributed by atoms with Gasteiger partial charge in [-0.1, -0.05) is 6.07 Å². The molecule has 3 rings (SSSR count). The Morgan fingerprint density at radius 3 is 2.79 bits per heavy atom. The summed E-state index contributed by atoms with van der Waals surface area (Å²) in [5.41, 5.74) is 3.03. The summed E-state index contributed by atoms with van der Waals surface area (Å²) in [6.45, 7) is 0.303. The maximum atomic E-state index is 13.2. The third-order valence-corrected chi connectivity index (χ3v) is 3.78. The highest BCUT2D eigenvalue weighted by atomic mass is 32.1. The maximum Gasteiger partial charge on any atom is 0.255 e. The number of carbonyl (C=O) groups excluding carboxylic acids is 1. The lowest BCUT2D eigenvalue weighted by Gasteiger charge is -2.08. The van der Waals surface area contributed by atoms with Crippen LogP contribution in [0.5, 0.6) is 5.75 Å². The lowest BCUT2D eigenvalue weighted by molar-refractivity contribution is 0.102. The summed E-state index contributed by atoms with van der Waals surface area (Å²) in [7, 11) is 0. The second-order valence-corrected chi connectivity index (χ2v) is 5.60. The van der Waals surface area contributed by atoms with E-state index in [4.69, 9.17) is 4.74 Å². The zero-order chi connectivity index (χ0) is 16.9. The molecule has 0 aliphatic carbocycles. The van der Waals surface area contributed by atoms with Gasteiger partial charge in [0.25, 0.3) is 5.91 Å². The summed E-state index contributed by atoms with van der Waals surface area (Å²) in [5.74, 6) is -1.92. The van der Waals surface area contributed by atoms with Gasteiger partial charge in [0.15, 0.2) is 11.6 Å². The molecule has 0 saturated heterocycles. The maximum absolute atomic E-state index is 13.2. The topological polar surface area (TPSA) is 51.2 Å². The number of ether oxygens (including phenoxy) is 1. The Morgan fingerprint density at radius 1 is 1.17 bits per heavy atom. The lowest BCUT2D eigenvalue weighted by atomic mass is 10.2. The average Bonchev–Trinajstić information content (AvgIpc) is 3.10. The van der Waals surface area contributed by atoms with Crippen LogP contribution < -0.4 is 10.1 Å². The second-order valence-electron chi connectivity index (χ2n) is 4.88. The molecule has 1 heterocycles. The number of halogens is 2. The van der Waals surface area contributed by atoms with Crippen molar-refractivity contribution in [1.29, 1.82) is 0 Å². The van der Waals surface area contributed by atoms with Gasteiger partial charge in [0.05, 0.1) is 11.2 Å². The number of hydrogen-bond acceptors (Lipinski definition) is 4. The van der Waals surface area contributed by atoms with Gasteiger partial charge in [0.2, 0.25) is 0 Å². The van der Waals surface area contributed by atoms with Gasteiger partial charge in [0.1, 0.15) is 12.4 Å². The number of rotatable bonds is 5. The number of benzene rings is 2. The van der Waals surface area contributed by atoms with Gasteiger partial charge in [-0.3, -0.25) is 4.79 Å². The minimum atomic E-state index is -1.02. The van der Waals surface area contributed by atoms with E-state index in [0.717, 1.165) is 17.8 Å². The van der Waals surface area contributed by atoms with E-state index in [-0.39, 0.29) is 5.69 Å². The molecule has 7 heteroatoms. The number of amides is 1. The number of hydrogen-bond donors (Lipinski definition) is 1. The van der Waals surface area contributed by atoms with Crippen LogP contribution in [0.1, 0.15) is 16.1 Å². The fourth-order valence-electron chi connectivity index (χ4n) is 1.97. The third kappa shape index (κ3) is 3.94. The number of thiazole rings is 1. The highest BCUT2D eigenvalue weighted by Gasteiger charge is 2.09. The molecule has 2 aromatic carbocycles. The first-order valence-electron chi connectivity index (χ1n) is 6.98. The highest BCUT2D eigenvalue weighted by Crippen LogP contribution is 2.18. The van der Waals surface area contributed by atoms with Gasteiger partial charge in [0, 0.05) is 22.7 Å². The van der Waals surface area contributed by atoms with Crippen molar-refractivity contribution in [2.45, 2.75) is 6.61 Å². The van der Waals surface area contributed by atoms with E-state index in [2.05, 4.69) is 10.3 Å². The van der Waals surface area contributed by atoms with Gasteiger partial charge in [-0.15, -0.1) is 11.3 Å². The molecule has 1 amide bonds. The van der Waals surface area contributed by atoms with Crippen molar-refractivity contribution in [2.24, 2.45) is 0 Å². The average molecular weight is 346 g/mol. The van der Waals surface area contributed by atoms with Gasteiger partial charge < -0.3 is 10.1 Å². The Balaban J connectivity index is 1.68. The smallest absolute Gasteiger partial charge is 0.255 e. The van der Waals surface area contributed by atoms with Crippen LogP contribution in [0.3, 0.4) is 0 Å². The highest BCUT2D eigenvalue weighted by molar-refractivity contribution is 7.07. The monoisotopic (exact) mass is 346 g/mol. The van der Waals surface area contributed by atoms with Crippen molar-refractivity contribution < 1.29 is 18.3 Å². The Morgan fingerprint density at radius 2 is 2.04 bits per heavy atom. The SMILES string of the molecule is O=C(Nc1ccc(F)c(F)c1)c1cccc(OCc2cscn2)c1. The van der Waals surface area contributed by atoms with E-state index in [1.807, 2.05) is 5.38 Å². The second kappa shape index (κ2) is 7.18. The first-order valence-corrected chi connectivity index (χ1v) is 7.92. The fraction of sp³-hybridized carbons (Fsp3) is 0.0588. The van der Waals surface area contributed by atoms with E-state index < -0.39 is 17.5 Å². The van der Waals surface area contributed by atoms with Crippen LogP contribution in [-0.4, -0.2) is 10.9 Å². The molecule has 0 aliphatic rings. The fourth-order valence-corrected chi connectivity index (χ4v) is 2.51. The Hall–Kier alpha value is -2.80. The molecule has 4 nitrogen and oxygen atoms in total. The minimum Gasteiger partial charge on any atom is -0.487 e. The molecular formula is C17H12F2N2O2S. The molecule has 0 bridgehead atoms. The molecule has 122 valence electrons. The summed E-state index contributed by atoms with van der Waals surface area (Å²) in [5, 5.41) is 4.39. The lowest BCUT2D eigenvalue weighted by Crippen LogP contribution is -2.12. The predicted octanol–water partition coefficient (Wildman–Crippen LogP) is 4.25. The minimum absolute atomic E-state index is 0.174. The third-order valence-electron chi connectivity index (χ3n) is 3.14. The summed E-state index contributed by atoms with van der Waals surface area (Å²) in [6.07, 6.45) is 0. The predicted molar refractivity (Wildman–Crippen MR) is 87.2 cm³/mol. The molecule has 0 unspecified atom stereocenters. The molecule has 1 aromatic heterocycles. The van der Waals surface area contributed by atoms with Gasteiger partial charge >= 0.3 is 0 Å². The van der Waals surface area contributed by atoms with E-state index in [0.29, 0.717) is 17.9 Å². The summed E-state index contributed by atoms with van der Waals surface area (Å²) >= 11 is 1.47. The van der Waals surface area contributed by atoms with E-state index in [9.17, 15) is 13.6 Å². The molecule has 0 spiro atoms. The van der Waals surface area contributed by atoms with Crippen molar-refractivity contribution in [3.8, 4) is 5.75 Å². The largest absolute Gasteiger partial charge is 0.487 e. The van der Waals surface area contributed by atoms with E-state index in [1.165, 1.54) is 17.4 Å². The van der Waals surface area contributed by atoms with Gasteiger partial charge in [-0.2, -0.15) is 0 Å². The van der Waals surface area contributed by atoms with Crippen LogP contribution in [0.15, 0.2) is 53.4 Å². The van der Waals surface area contributed by atoms with Crippen LogP contribution in [0.25, 0.3) is 0 Å². The standard InChI is InChI=1S/C17H12F2N2O2S/c18-15-5-4-12(7-16(15)19)21-17(22)11-2-1-3-14(6-11)23-8-13-9-24-10-20-13/h1-7,9-10H,8H2,(H,21,22). The summed E-state index contributed by atoms with van der Waals surface area (Å²) in [6, 6.07) is 9.75. The summed E-state index contributed by atoms with van der Waals surface area (Å²) in [4.78, 5) is 16.3. The zero-order valence-corrected chi connectivity index (χ0v) is 13.1.